The summed E-state index contributed by atoms with van der Waals surface area (Å²) in [7, 11) is 1.31. The molecular weight excluding hydrogens is 272 g/mol. The van der Waals surface area contributed by atoms with Gasteiger partial charge >= 0.3 is 5.97 Å². The monoisotopic (exact) mass is 290 g/mol. The van der Waals surface area contributed by atoms with Gasteiger partial charge in [0.15, 0.2) is 0 Å². The topological polar surface area (TPSA) is 81.4 Å². The average molecular weight is 290 g/mol. The van der Waals surface area contributed by atoms with Gasteiger partial charge in [0.05, 0.1) is 24.6 Å². The number of aliphatic hydroxyl groups is 1. The van der Waals surface area contributed by atoms with E-state index in [0.29, 0.717) is 23.0 Å². The lowest BCUT2D eigenvalue weighted by Gasteiger charge is -2.13. The molecule has 0 fully saturated rings. The minimum absolute atomic E-state index is 0.00476. The van der Waals surface area contributed by atoms with E-state index in [9.17, 15) is 9.59 Å². The molecular formula is C15H18N2O4. The Bertz CT molecular complexity index is 708. The highest BCUT2D eigenvalue weighted by atomic mass is 16.5. The molecule has 1 heterocycles. The molecule has 1 atom stereocenters. The normalized spacial score (nSPS) is 12.3. The summed E-state index contributed by atoms with van der Waals surface area (Å²) in [5, 5.41) is 14.6. The first-order chi connectivity index (χ1) is 10.1. The zero-order valence-electron chi connectivity index (χ0n) is 12.1. The molecule has 0 saturated carbocycles. The molecule has 0 aliphatic carbocycles. The minimum Gasteiger partial charge on any atom is -0.469 e. The number of rotatable bonds is 5. The van der Waals surface area contributed by atoms with Gasteiger partial charge in [-0.05, 0) is 12.0 Å². The number of methoxy groups -OCH3 is 1. The van der Waals surface area contributed by atoms with Crippen LogP contribution in [0.2, 0.25) is 0 Å². The van der Waals surface area contributed by atoms with Crippen LogP contribution in [-0.4, -0.2) is 34.6 Å². The summed E-state index contributed by atoms with van der Waals surface area (Å²) in [6.07, 6.45) is 0.00476. The Hall–Kier alpha value is -2.21. The molecule has 0 aliphatic heterocycles. The summed E-state index contributed by atoms with van der Waals surface area (Å²) >= 11 is 0. The van der Waals surface area contributed by atoms with Crippen molar-refractivity contribution in [3.8, 4) is 0 Å². The van der Waals surface area contributed by atoms with E-state index in [1.807, 2.05) is 6.92 Å². The van der Waals surface area contributed by atoms with Crippen LogP contribution < -0.4 is 5.56 Å². The number of hydrogen-bond acceptors (Lipinski definition) is 5. The number of fused-ring (bicyclic) bond motifs is 1. The van der Waals surface area contributed by atoms with Gasteiger partial charge < -0.3 is 9.84 Å². The number of ether oxygens (including phenoxy) is 1. The Morgan fingerprint density at radius 3 is 2.67 bits per heavy atom. The van der Waals surface area contributed by atoms with E-state index in [1.54, 1.807) is 24.3 Å². The van der Waals surface area contributed by atoms with Crippen molar-refractivity contribution in [3.63, 3.8) is 0 Å². The summed E-state index contributed by atoms with van der Waals surface area (Å²) in [5.41, 5.74) is 0.279. The maximum atomic E-state index is 12.4. The summed E-state index contributed by atoms with van der Waals surface area (Å²) in [6.45, 7) is 2.09. The summed E-state index contributed by atoms with van der Waals surface area (Å²) in [4.78, 5) is 23.9. The zero-order chi connectivity index (χ0) is 15.4. The molecule has 2 rings (SSSR count). The number of nitrogens with zero attached hydrogens (tertiary/aromatic N) is 2. The van der Waals surface area contributed by atoms with Gasteiger partial charge in [0.25, 0.3) is 5.56 Å². The maximum absolute atomic E-state index is 12.4. The lowest BCUT2D eigenvalue weighted by atomic mass is 10.1. The van der Waals surface area contributed by atoms with Gasteiger partial charge in [0, 0.05) is 18.5 Å². The van der Waals surface area contributed by atoms with Crippen molar-refractivity contribution < 1.29 is 14.6 Å². The predicted molar refractivity (Wildman–Crippen MR) is 78.0 cm³/mol. The van der Waals surface area contributed by atoms with Gasteiger partial charge in [0.1, 0.15) is 0 Å². The van der Waals surface area contributed by atoms with Crippen molar-refractivity contribution in [1.29, 1.82) is 0 Å². The van der Waals surface area contributed by atoms with Crippen molar-refractivity contribution in [2.24, 2.45) is 5.92 Å². The van der Waals surface area contributed by atoms with E-state index in [1.165, 1.54) is 11.8 Å². The summed E-state index contributed by atoms with van der Waals surface area (Å²) < 4.78 is 5.98. The number of hydrogen-bond donors (Lipinski definition) is 1. The fourth-order valence-electron chi connectivity index (χ4n) is 2.12. The average Bonchev–Trinajstić information content (AvgIpc) is 2.51. The second kappa shape index (κ2) is 6.49. The molecule has 112 valence electrons. The van der Waals surface area contributed by atoms with Gasteiger partial charge in [-0.3, -0.25) is 9.59 Å². The molecule has 2 aromatic rings. The number of benzene rings is 1. The van der Waals surface area contributed by atoms with Gasteiger partial charge in [-0.2, -0.15) is 5.10 Å². The maximum Gasteiger partial charge on any atom is 0.311 e. The fourth-order valence-corrected chi connectivity index (χ4v) is 2.12. The molecule has 0 saturated heterocycles. The van der Waals surface area contributed by atoms with Crippen LogP contribution in [0.4, 0.5) is 0 Å². The third kappa shape index (κ3) is 3.28. The molecule has 0 unspecified atom stereocenters. The highest BCUT2D eigenvalue weighted by Crippen LogP contribution is 2.14. The zero-order valence-corrected chi connectivity index (χ0v) is 12.1. The number of esters is 1. The van der Waals surface area contributed by atoms with Gasteiger partial charge in [-0.25, -0.2) is 4.68 Å². The lowest BCUT2D eigenvalue weighted by Crippen LogP contribution is -2.28. The molecule has 0 aliphatic rings. The summed E-state index contributed by atoms with van der Waals surface area (Å²) in [6, 6.07) is 7.04. The van der Waals surface area contributed by atoms with Crippen LogP contribution in [0, 0.1) is 5.92 Å². The van der Waals surface area contributed by atoms with E-state index in [4.69, 9.17) is 5.11 Å². The van der Waals surface area contributed by atoms with Crippen molar-refractivity contribution >= 4 is 16.7 Å². The van der Waals surface area contributed by atoms with Crippen LogP contribution >= 0.6 is 0 Å². The second-order valence-electron chi connectivity index (χ2n) is 5.02. The minimum atomic E-state index is -0.409. The third-order valence-corrected chi connectivity index (χ3v) is 3.28. The van der Waals surface area contributed by atoms with E-state index in [-0.39, 0.29) is 24.5 Å². The standard InChI is InChI=1S/C15H18N2O4/c1-10(9-18)8-17-15(20)12-6-4-3-5-11(12)13(16-17)7-14(19)21-2/h3-6,10,18H,7-9H2,1-2H3/t10-/m1/s1. The Balaban J connectivity index is 2.57. The quantitative estimate of drug-likeness (QED) is 0.821. The van der Waals surface area contributed by atoms with Crippen LogP contribution in [0.1, 0.15) is 12.6 Å². The van der Waals surface area contributed by atoms with E-state index < -0.39 is 5.97 Å². The molecule has 1 aromatic heterocycles. The largest absolute Gasteiger partial charge is 0.469 e. The van der Waals surface area contributed by atoms with Crippen LogP contribution in [-0.2, 0) is 22.5 Å². The summed E-state index contributed by atoms with van der Waals surface area (Å²) in [5.74, 6) is -0.504. The number of aromatic nitrogens is 2. The van der Waals surface area contributed by atoms with Gasteiger partial charge in [-0.15, -0.1) is 0 Å². The molecule has 6 nitrogen and oxygen atoms in total. The van der Waals surface area contributed by atoms with Crippen molar-refractivity contribution in [2.45, 2.75) is 19.9 Å². The third-order valence-electron chi connectivity index (χ3n) is 3.28. The molecule has 0 radical (unpaired) electrons. The highest BCUT2D eigenvalue weighted by molar-refractivity contribution is 5.86. The molecule has 6 heteroatoms. The van der Waals surface area contributed by atoms with Crippen molar-refractivity contribution in [3.05, 3.63) is 40.3 Å². The first-order valence-electron chi connectivity index (χ1n) is 6.73. The molecule has 1 N–H and O–H groups in total. The van der Waals surface area contributed by atoms with E-state index in [0.717, 1.165) is 0 Å². The number of aliphatic hydroxyl groups excluding tert-OH is 1. The molecule has 0 bridgehead atoms. The first-order valence-corrected chi connectivity index (χ1v) is 6.73. The number of carbonyl (C=O) groups excluding carboxylic acids is 1. The van der Waals surface area contributed by atoms with Crippen molar-refractivity contribution in [1.82, 2.24) is 9.78 Å². The van der Waals surface area contributed by atoms with Crippen LogP contribution in [0.25, 0.3) is 10.8 Å². The van der Waals surface area contributed by atoms with Crippen LogP contribution in [0.5, 0.6) is 0 Å². The van der Waals surface area contributed by atoms with Gasteiger partial charge in [0.2, 0.25) is 0 Å². The van der Waals surface area contributed by atoms with Crippen LogP contribution in [0.3, 0.4) is 0 Å². The Morgan fingerprint density at radius 1 is 1.38 bits per heavy atom. The molecule has 1 aromatic carbocycles. The molecule has 21 heavy (non-hydrogen) atoms. The molecule has 0 amide bonds. The fraction of sp³-hybridized carbons (Fsp3) is 0.400. The Morgan fingerprint density at radius 2 is 2.05 bits per heavy atom. The Kier molecular flexibility index (Phi) is 4.70. The highest BCUT2D eigenvalue weighted by Gasteiger charge is 2.14. The van der Waals surface area contributed by atoms with E-state index in [2.05, 4.69) is 9.84 Å². The van der Waals surface area contributed by atoms with E-state index >= 15 is 0 Å². The predicted octanol–water partition coefficient (Wildman–Crippen LogP) is 0.740. The van der Waals surface area contributed by atoms with Gasteiger partial charge in [-0.1, -0.05) is 25.1 Å². The first kappa shape index (κ1) is 15.2. The second-order valence-corrected chi connectivity index (χ2v) is 5.02. The molecule has 0 spiro atoms. The van der Waals surface area contributed by atoms with Crippen LogP contribution in [0.15, 0.2) is 29.1 Å². The Labute approximate surface area is 122 Å². The smallest absolute Gasteiger partial charge is 0.311 e. The number of carbonyl (C=O) groups is 1. The SMILES string of the molecule is COC(=O)Cc1nn(C[C@@H](C)CO)c(=O)c2ccccc12. The van der Waals surface area contributed by atoms with Crippen molar-refractivity contribution in [2.75, 3.05) is 13.7 Å². The lowest BCUT2D eigenvalue weighted by molar-refractivity contribution is -0.139.